The summed E-state index contributed by atoms with van der Waals surface area (Å²) >= 11 is 0. The van der Waals surface area contributed by atoms with E-state index in [9.17, 15) is 0 Å². The zero-order valence-corrected chi connectivity index (χ0v) is 5.92. The lowest BCUT2D eigenvalue weighted by Crippen LogP contribution is -1.82. The molecule has 0 aromatic heterocycles. The largest absolute Gasteiger partial charge is 0.497 e. The molecule has 0 N–H and O–H groups in total. The average Bonchev–Trinajstić information content (AvgIpc) is 2.05. The molecule has 0 fully saturated rings. The smallest absolute Gasteiger partial charge is 0.119 e. The number of methoxy groups -OCH3 is 1. The van der Waals surface area contributed by atoms with Crippen LogP contribution in [0.4, 0.5) is 0 Å². The molecule has 0 spiro atoms. The summed E-state index contributed by atoms with van der Waals surface area (Å²) in [5.41, 5.74) is 0.958. The van der Waals surface area contributed by atoms with Gasteiger partial charge in [0.25, 0.3) is 0 Å². The average molecular weight is 133 g/mol. The van der Waals surface area contributed by atoms with Crippen molar-refractivity contribution in [3.05, 3.63) is 42.5 Å². The summed E-state index contributed by atoms with van der Waals surface area (Å²) in [7, 11) is 1.64. The molecule has 51 valence electrons. The summed E-state index contributed by atoms with van der Waals surface area (Å²) < 4.78 is 4.99. The Labute approximate surface area is 61.0 Å². The minimum Gasteiger partial charge on any atom is -0.497 e. The van der Waals surface area contributed by atoms with E-state index in [-0.39, 0.29) is 0 Å². The highest BCUT2D eigenvalue weighted by molar-refractivity contribution is 5.31. The minimum atomic E-state index is 0.841. The van der Waals surface area contributed by atoms with E-state index in [2.05, 4.69) is 12.7 Å². The number of ether oxygens (including phenoxy) is 1. The lowest BCUT2D eigenvalue weighted by atomic mass is 10.2. The van der Waals surface area contributed by atoms with Crippen LogP contribution in [0.3, 0.4) is 0 Å². The zero-order valence-electron chi connectivity index (χ0n) is 5.92. The Morgan fingerprint density at radius 2 is 2.30 bits per heavy atom. The minimum absolute atomic E-state index is 0.841. The Morgan fingerprint density at radius 3 is 2.90 bits per heavy atom. The van der Waals surface area contributed by atoms with E-state index in [4.69, 9.17) is 4.74 Å². The van der Waals surface area contributed by atoms with Gasteiger partial charge in [-0.2, -0.15) is 0 Å². The summed E-state index contributed by atoms with van der Waals surface area (Å²) in [6.45, 7) is 3.53. The maximum atomic E-state index is 4.99. The number of hydrogen-bond acceptors (Lipinski definition) is 1. The molecule has 0 saturated heterocycles. The molecule has 1 rings (SSSR count). The number of rotatable bonds is 2. The highest BCUT2D eigenvalue weighted by Gasteiger charge is 1.89. The van der Waals surface area contributed by atoms with E-state index >= 15 is 0 Å². The van der Waals surface area contributed by atoms with Crippen LogP contribution in [-0.4, -0.2) is 7.11 Å². The predicted octanol–water partition coefficient (Wildman–Crippen LogP) is 2.03. The molecular weight excluding hydrogens is 124 g/mol. The highest BCUT2D eigenvalue weighted by atomic mass is 16.5. The molecule has 1 radical (unpaired) electrons. The Kier molecular flexibility index (Phi) is 2.11. The Balaban J connectivity index is 2.98. The Hall–Kier alpha value is -1.24. The second-order valence-electron chi connectivity index (χ2n) is 1.91. The Bertz CT molecular complexity index is 228. The molecule has 0 aliphatic carbocycles. The van der Waals surface area contributed by atoms with E-state index in [0.29, 0.717) is 0 Å². The van der Waals surface area contributed by atoms with Crippen molar-refractivity contribution in [1.29, 1.82) is 0 Å². The van der Waals surface area contributed by atoms with Crippen LogP contribution < -0.4 is 4.74 Å². The molecule has 0 aliphatic rings. The van der Waals surface area contributed by atoms with Gasteiger partial charge in [0.05, 0.1) is 7.11 Å². The molecule has 0 atom stereocenters. The van der Waals surface area contributed by atoms with Gasteiger partial charge in [0.1, 0.15) is 5.75 Å². The molecule has 0 saturated carbocycles. The number of hydrogen-bond donors (Lipinski definition) is 0. The fourth-order valence-corrected chi connectivity index (χ4v) is 0.733. The van der Waals surface area contributed by atoms with Crippen LogP contribution in [0, 0.1) is 6.08 Å². The summed E-state index contributed by atoms with van der Waals surface area (Å²) in [6, 6.07) is 7.61. The first-order chi connectivity index (χ1) is 4.86. The second kappa shape index (κ2) is 3.06. The molecule has 1 nitrogen and oxygen atoms in total. The molecule has 1 aromatic rings. The topological polar surface area (TPSA) is 9.23 Å². The van der Waals surface area contributed by atoms with Crippen molar-refractivity contribution < 1.29 is 4.74 Å². The Morgan fingerprint density at radius 1 is 1.50 bits per heavy atom. The van der Waals surface area contributed by atoms with Gasteiger partial charge in [0.2, 0.25) is 0 Å². The third-order valence-electron chi connectivity index (χ3n) is 1.27. The lowest BCUT2D eigenvalue weighted by molar-refractivity contribution is 0.414. The third kappa shape index (κ3) is 1.38. The highest BCUT2D eigenvalue weighted by Crippen LogP contribution is 2.11. The summed E-state index contributed by atoms with van der Waals surface area (Å²) in [4.78, 5) is 0. The monoisotopic (exact) mass is 133 g/mol. The number of benzene rings is 1. The zero-order chi connectivity index (χ0) is 7.40. The third-order valence-corrected chi connectivity index (χ3v) is 1.27. The van der Waals surface area contributed by atoms with Crippen molar-refractivity contribution in [2.24, 2.45) is 0 Å². The van der Waals surface area contributed by atoms with Crippen LogP contribution in [0.2, 0.25) is 0 Å². The van der Waals surface area contributed by atoms with Gasteiger partial charge in [0, 0.05) is 0 Å². The van der Waals surface area contributed by atoms with Crippen LogP contribution in [0.25, 0.3) is 0 Å². The maximum Gasteiger partial charge on any atom is 0.119 e. The second-order valence-corrected chi connectivity index (χ2v) is 1.91. The van der Waals surface area contributed by atoms with Crippen molar-refractivity contribution in [2.45, 2.75) is 0 Å². The standard InChI is InChI=1S/C9H9O/c1-3-8-5-4-6-9(7-8)10-2/h4-7H,1H2,2H3. The maximum absolute atomic E-state index is 4.99. The van der Waals surface area contributed by atoms with E-state index in [1.165, 1.54) is 0 Å². The van der Waals surface area contributed by atoms with Crippen molar-refractivity contribution in [3.8, 4) is 5.75 Å². The molecule has 0 unspecified atom stereocenters. The normalized spacial score (nSPS) is 8.90. The summed E-state index contributed by atoms with van der Waals surface area (Å²) in [6.07, 6.45) is 2.77. The van der Waals surface area contributed by atoms with Crippen molar-refractivity contribution in [2.75, 3.05) is 7.11 Å². The van der Waals surface area contributed by atoms with E-state index in [1.54, 1.807) is 7.11 Å². The van der Waals surface area contributed by atoms with Gasteiger partial charge in [-0.25, -0.2) is 0 Å². The molecule has 10 heavy (non-hydrogen) atoms. The van der Waals surface area contributed by atoms with E-state index < -0.39 is 0 Å². The van der Waals surface area contributed by atoms with Gasteiger partial charge in [-0.05, 0) is 23.8 Å². The van der Waals surface area contributed by atoms with Gasteiger partial charge in [-0.15, -0.1) is 0 Å². The fourth-order valence-electron chi connectivity index (χ4n) is 0.733. The quantitative estimate of drug-likeness (QED) is 0.599. The molecular formula is C9H9O. The van der Waals surface area contributed by atoms with Gasteiger partial charge in [-0.1, -0.05) is 18.7 Å². The lowest BCUT2D eigenvalue weighted by Gasteiger charge is -1.98. The van der Waals surface area contributed by atoms with Crippen LogP contribution >= 0.6 is 0 Å². The first-order valence-electron chi connectivity index (χ1n) is 3.04. The van der Waals surface area contributed by atoms with E-state index in [1.807, 2.05) is 24.3 Å². The van der Waals surface area contributed by atoms with Crippen LogP contribution in [0.5, 0.6) is 5.75 Å². The molecule has 0 amide bonds. The molecule has 1 heteroatoms. The first kappa shape index (κ1) is 6.87. The molecule has 0 heterocycles. The van der Waals surface area contributed by atoms with E-state index in [0.717, 1.165) is 11.3 Å². The van der Waals surface area contributed by atoms with Crippen molar-refractivity contribution in [3.63, 3.8) is 0 Å². The SMILES string of the molecule is C=[C]c1cccc(OC)c1. The van der Waals surface area contributed by atoms with Crippen LogP contribution in [-0.2, 0) is 0 Å². The summed E-state index contributed by atoms with van der Waals surface area (Å²) in [5.74, 6) is 0.841. The summed E-state index contributed by atoms with van der Waals surface area (Å²) in [5, 5.41) is 0. The molecule has 1 aromatic carbocycles. The fraction of sp³-hybridized carbons (Fsp3) is 0.111. The van der Waals surface area contributed by atoms with Gasteiger partial charge in [0.15, 0.2) is 0 Å². The predicted molar refractivity (Wildman–Crippen MR) is 41.0 cm³/mol. The van der Waals surface area contributed by atoms with Gasteiger partial charge in [-0.3, -0.25) is 0 Å². The first-order valence-corrected chi connectivity index (χ1v) is 3.04. The van der Waals surface area contributed by atoms with Crippen molar-refractivity contribution in [1.82, 2.24) is 0 Å². The van der Waals surface area contributed by atoms with Gasteiger partial charge >= 0.3 is 0 Å². The van der Waals surface area contributed by atoms with Crippen LogP contribution in [0.15, 0.2) is 30.8 Å². The molecule has 0 bridgehead atoms. The van der Waals surface area contributed by atoms with Gasteiger partial charge < -0.3 is 4.74 Å². The van der Waals surface area contributed by atoms with Crippen LogP contribution in [0.1, 0.15) is 5.56 Å². The van der Waals surface area contributed by atoms with Crippen molar-refractivity contribution >= 4 is 0 Å². The molecule has 0 aliphatic heterocycles.